The highest BCUT2D eigenvalue weighted by Gasteiger charge is 1.97. The summed E-state index contributed by atoms with van der Waals surface area (Å²) in [6, 6.07) is 17.9. The van der Waals surface area contributed by atoms with Gasteiger partial charge in [-0.3, -0.25) is 4.79 Å². The molecule has 0 fully saturated rings. The van der Waals surface area contributed by atoms with Gasteiger partial charge in [-0.05, 0) is 41.7 Å². The van der Waals surface area contributed by atoms with Gasteiger partial charge >= 0.3 is 0 Å². The van der Waals surface area contributed by atoms with E-state index in [9.17, 15) is 4.79 Å². The lowest BCUT2D eigenvalue weighted by Gasteiger charge is -2.03. The number of thioether (sulfide) groups is 1. The molecule has 0 aliphatic rings. The van der Waals surface area contributed by atoms with E-state index in [1.165, 1.54) is 17.3 Å². The van der Waals surface area contributed by atoms with Gasteiger partial charge in [-0.2, -0.15) is 0 Å². The first kappa shape index (κ1) is 14.4. The lowest BCUT2D eigenvalue weighted by molar-refractivity contribution is -0.111. The Balaban J connectivity index is 1.85. The molecule has 0 radical (unpaired) electrons. The van der Waals surface area contributed by atoms with Gasteiger partial charge in [-0.1, -0.05) is 49.0 Å². The molecule has 1 amide bonds. The quantitative estimate of drug-likeness (QED) is 0.647. The number of hydrogen-bond acceptors (Lipinski definition) is 2. The average molecular weight is 283 g/mol. The molecule has 0 aromatic heterocycles. The average Bonchev–Trinajstić information content (AvgIpc) is 2.49. The minimum Gasteiger partial charge on any atom is -0.322 e. The van der Waals surface area contributed by atoms with E-state index in [1.807, 2.05) is 54.6 Å². The molecule has 3 heteroatoms. The first-order valence-corrected chi connectivity index (χ1v) is 7.44. The second-order valence-electron chi connectivity index (χ2n) is 4.27. The summed E-state index contributed by atoms with van der Waals surface area (Å²) >= 11 is 1.52. The van der Waals surface area contributed by atoms with E-state index in [1.54, 1.807) is 11.5 Å². The number of benzene rings is 2. The molecule has 0 saturated carbocycles. The molecule has 2 aromatic carbocycles. The van der Waals surface area contributed by atoms with Gasteiger partial charge in [0.05, 0.1) is 0 Å². The number of anilines is 1. The predicted molar refractivity (Wildman–Crippen MR) is 85.9 cm³/mol. The minimum atomic E-state index is -0.113. The topological polar surface area (TPSA) is 29.1 Å². The first-order valence-electron chi connectivity index (χ1n) is 6.56. The summed E-state index contributed by atoms with van der Waals surface area (Å²) in [5.74, 6) is -0.113. The predicted octanol–water partition coefficient (Wildman–Crippen LogP) is 4.49. The van der Waals surface area contributed by atoms with Crippen LogP contribution in [0.15, 0.2) is 71.0 Å². The van der Waals surface area contributed by atoms with Crippen LogP contribution in [0.2, 0.25) is 0 Å². The number of aryl methyl sites for hydroxylation is 1. The minimum absolute atomic E-state index is 0.113. The Morgan fingerprint density at radius 3 is 2.45 bits per heavy atom. The molecule has 102 valence electrons. The van der Waals surface area contributed by atoms with Crippen LogP contribution in [0.1, 0.15) is 12.5 Å². The Labute approximate surface area is 123 Å². The van der Waals surface area contributed by atoms with E-state index in [2.05, 4.69) is 12.2 Å². The molecular formula is C17H17NOS. The largest absolute Gasteiger partial charge is 0.322 e. The van der Waals surface area contributed by atoms with Crippen molar-refractivity contribution in [2.75, 3.05) is 5.32 Å². The van der Waals surface area contributed by atoms with Gasteiger partial charge < -0.3 is 5.32 Å². The van der Waals surface area contributed by atoms with Gasteiger partial charge in [0.15, 0.2) is 0 Å². The fourth-order valence-corrected chi connectivity index (χ4v) is 2.34. The molecule has 1 N–H and O–H groups in total. The van der Waals surface area contributed by atoms with Crippen molar-refractivity contribution in [3.63, 3.8) is 0 Å². The lowest BCUT2D eigenvalue weighted by Crippen LogP contribution is -2.07. The Morgan fingerprint density at radius 1 is 1.10 bits per heavy atom. The Morgan fingerprint density at radius 2 is 1.80 bits per heavy atom. The summed E-state index contributed by atoms with van der Waals surface area (Å²) in [5, 5.41) is 4.64. The molecule has 20 heavy (non-hydrogen) atoms. The van der Waals surface area contributed by atoms with Crippen molar-refractivity contribution in [1.82, 2.24) is 0 Å². The third kappa shape index (κ3) is 4.59. The zero-order valence-electron chi connectivity index (χ0n) is 11.4. The lowest BCUT2D eigenvalue weighted by atomic mass is 10.1. The van der Waals surface area contributed by atoms with Gasteiger partial charge in [-0.25, -0.2) is 0 Å². The number of carbonyl (C=O) groups excluding carboxylic acids is 1. The highest BCUT2D eigenvalue weighted by Crippen LogP contribution is 2.18. The molecule has 0 bridgehead atoms. The van der Waals surface area contributed by atoms with Crippen LogP contribution in [0.4, 0.5) is 5.69 Å². The summed E-state index contributed by atoms with van der Waals surface area (Å²) in [7, 11) is 0. The molecule has 0 atom stereocenters. The summed E-state index contributed by atoms with van der Waals surface area (Å²) in [4.78, 5) is 12.9. The van der Waals surface area contributed by atoms with Crippen LogP contribution < -0.4 is 5.32 Å². The second kappa shape index (κ2) is 7.56. The number of amides is 1. The number of hydrogen-bond donors (Lipinski definition) is 1. The zero-order chi connectivity index (χ0) is 14.2. The van der Waals surface area contributed by atoms with Crippen LogP contribution in [0.3, 0.4) is 0 Å². The molecule has 2 rings (SSSR count). The van der Waals surface area contributed by atoms with Crippen molar-refractivity contribution in [1.29, 1.82) is 0 Å². The first-order chi connectivity index (χ1) is 9.78. The van der Waals surface area contributed by atoms with Crippen molar-refractivity contribution >= 4 is 23.4 Å². The Bertz CT molecular complexity index is 576. The third-order valence-electron chi connectivity index (χ3n) is 2.80. The fourth-order valence-electron chi connectivity index (χ4n) is 1.68. The molecule has 0 saturated heterocycles. The van der Waals surface area contributed by atoms with Crippen molar-refractivity contribution in [2.24, 2.45) is 0 Å². The van der Waals surface area contributed by atoms with Crippen LogP contribution in [0.5, 0.6) is 0 Å². The SMILES string of the molecule is CCc1ccc(NC(=O)C=CSc2ccccc2)cc1. The maximum Gasteiger partial charge on any atom is 0.248 e. The van der Waals surface area contributed by atoms with E-state index in [-0.39, 0.29) is 5.91 Å². The van der Waals surface area contributed by atoms with Gasteiger partial charge in [0.2, 0.25) is 5.91 Å². The maximum atomic E-state index is 11.7. The van der Waals surface area contributed by atoms with Crippen LogP contribution in [-0.2, 0) is 11.2 Å². The highest BCUT2D eigenvalue weighted by atomic mass is 32.2. The second-order valence-corrected chi connectivity index (χ2v) is 5.25. The van der Waals surface area contributed by atoms with Gasteiger partial charge in [0, 0.05) is 16.7 Å². The maximum absolute atomic E-state index is 11.7. The zero-order valence-corrected chi connectivity index (χ0v) is 12.2. The molecule has 0 unspecified atom stereocenters. The molecule has 0 heterocycles. The summed E-state index contributed by atoms with van der Waals surface area (Å²) in [6.45, 7) is 2.11. The van der Waals surface area contributed by atoms with Crippen LogP contribution in [0, 0.1) is 0 Å². The van der Waals surface area contributed by atoms with E-state index < -0.39 is 0 Å². The summed E-state index contributed by atoms with van der Waals surface area (Å²) < 4.78 is 0. The Kier molecular flexibility index (Phi) is 5.44. The monoisotopic (exact) mass is 283 g/mol. The van der Waals surface area contributed by atoms with E-state index in [4.69, 9.17) is 0 Å². The van der Waals surface area contributed by atoms with Crippen molar-refractivity contribution in [3.8, 4) is 0 Å². The van der Waals surface area contributed by atoms with Crippen LogP contribution >= 0.6 is 11.8 Å². The summed E-state index contributed by atoms with van der Waals surface area (Å²) in [6.07, 6.45) is 2.55. The van der Waals surface area contributed by atoms with E-state index in [0.29, 0.717) is 0 Å². The molecule has 2 nitrogen and oxygen atoms in total. The highest BCUT2D eigenvalue weighted by molar-refractivity contribution is 8.02. The van der Waals surface area contributed by atoms with E-state index >= 15 is 0 Å². The molecule has 0 aliphatic heterocycles. The smallest absolute Gasteiger partial charge is 0.248 e. The van der Waals surface area contributed by atoms with Gasteiger partial charge in [0.1, 0.15) is 0 Å². The third-order valence-corrected chi connectivity index (χ3v) is 3.61. The van der Waals surface area contributed by atoms with Crippen molar-refractivity contribution < 1.29 is 4.79 Å². The molecule has 0 spiro atoms. The van der Waals surface area contributed by atoms with E-state index in [0.717, 1.165) is 17.0 Å². The van der Waals surface area contributed by atoms with Gasteiger partial charge in [-0.15, -0.1) is 0 Å². The molecule has 0 aliphatic carbocycles. The van der Waals surface area contributed by atoms with Gasteiger partial charge in [0.25, 0.3) is 0 Å². The Hall–Kier alpha value is -2.00. The number of nitrogens with one attached hydrogen (secondary N) is 1. The van der Waals surface area contributed by atoms with Crippen molar-refractivity contribution in [2.45, 2.75) is 18.2 Å². The van der Waals surface area contributed by atoms with Crippen molar-refractivity contribution in [3.05, 3.63) is 71.6 Å². The fraction of sp³-hybridized carbons (Fsp3) is 0.118. The summed E-state index contributed by atoms with van der Waals surface area (Å²) in [5.41, 5.74) is 2.08. The molecule has 2 aromatic rings. The number of carbonyl (C=O) groups is 1. The normalized spacial score (nSPS) is 10.7. The van der Waals surface area contributed by atoms with Crippen LogP contribution in [-0.4, -0.2) is 5.91 Å². The standard InChI is InChI=1S/C17H17NOS/c1-2-14-8-10-15(11-9-14)18-17(19)12-13-20-16-6-4-3-5-7-16/h3-13H,2H2,1H3,(H,18,19). The van der Waals surface area contributed by atoms with Crippen LogP contribution in [0.25, 0.3) is 0 Å². The molecular weight excluding hydrogens is 266 g/mol. The number of rotatable bonds is 5.